The Morgan fingerprint density at radius 1 is 1.03 bits per heavy atom. The molecule has 3 aromatic rings. The molecule has 3 N–H and O–H groups in total. The number of aromatic nitrogens is 3. The standard InChI is InChI=1S/C20H19Cl2N7O2/c1-11-7-8-12(17(30)27-16-13(21)5-4-6-14(16)22)9-15(11)26-20(31)29(3)19-25-10-24-18(23-2)28-19/h4-10H,1-3H3,(H,26,31)(H,27,30)(H,23,24,25,28). The van der Waals surface area contributed by atoms with Crippen LogP contribution in [0.5, 0.6) is 0 Å². The Balaban J connectivity index is 1.79. The molecule has 3 amide bonds. The van der Waals surface area contributed by atoms with Crippen LogP contribution >= 0.6 is 23.2 Å². The van der Waals surface area contributed by atoms with Gasteiger partial charge in [0, 0.05) is 25.3 Å². The van der Waals surface area contributed by atoms with E-state index in [2.05, 4.69) is 30.9 Å². The van der Waals surface area contributed by atoms with Gasteiger partial charge in [0.05, 0.1) is 15.7 Å². The molecule has 0 saturated carbocycles. The van der Waals surface area contributed by atoms with E-state index in [4.69, 9.17) is 23.2 Å². The second kappa shape index (κ2) is 9.59. The maximum absolute atomic E-state index is 12.7. The maximum atomic E-state index is 12.7. The van der Waals surface area contributed by atoms with Gasteiger partial charge in [-0.25, -0.2) is 14.8 Å². The Kier molecular flexibility index (Phi) is 6.88. The summed E-state index contributed by atoms with van der Waals surface area (Å²) >= 11 is 12.2. The Labute approximate surface area is 188 Å². The molecular formula is C20H19Cl2N7O2. The number of nitrogens with one attached hydrogen (secondary N) is 3. The van der Waals surface area contributed by atoms with E-state index in [9.17, 15) is 9.59 Å². The minimum absolute atomic E-state index is 0.164. The number of aryl methyl sites for hydroxylation is 1. The first kappa shape index (κ1) is 22.3. The minimum atomic E-state index is -0.483. The summed E-state index contributed by atoms with van der Waals surface area (Å²) in [6.45, 7) is 1.81. The molecule has 1 heterocycles. The number of amides is 3. The highest BCUT2D eigenvalue weighted by atomic mass is 35.5. The third-order valence-electron chi connectivity index (χ3n) is 4.33. The van der Waals surface area contributed by atoms with Gasteiger partial charge in [-0.1, -0.05) is 35.3 Å². The van der Waals surface area contributed by atoms with Crippen LogP contribution < -0.4 is 20.9 Å². The molecule has 0 radical (unpaired) electrons. The number of nitrogens with zero attached hydrogens (tertiary/aromatic N) is 4. The highest BCUT2D eigenvalue weighted by molar-refractivity contribution is 6.40. The summed E-state index contributed by atoms with van der Waals surface area (Å²) in [6.07, 6.45) is 1.30. The molecule has 3 rings (SSSR count). The van der Waals surface area contributed by atoms with Crippen LogP contribution in [0.2, 0.25) is 10.0 Å². The molecule has 160 valence electrons. The molecule has 2 aromatic carbocycles. The van der Waals surface area contributed by atoms with Gasteiger partial charge in [-0.3, -0.25) is 9.69 Å². The molecule has 0 saturated heterocycles. The summed E-state index contributed by atoms with van der Waals surface area (Å²) in [6, 6.07) is 9.38. The van der Waals surface area contributed by atoms with Crippen molar-refractivity contribution in [3.8, 4) is 0 Å². The van der Waals surface area contributed by atoms with Gasteiger partial charge in [0.25, 0.3) is 5.91 Å². The van der Waals surface area contributed by atoms with Crippen LogP contribution in [0.1, 0.15) is 15.9 Å². The first-order valence-electron chi connectivity index (χ1n) is 9.07. The van der Waals surface area contributed by atoms with Crippen molar-refractivity contribution < 1.29 is 9.59 Å². The molecule has 0 unspecified atom stereocenters. The molecule has 0 aliphatic rings. The lowest BCUT2D eigenvalue weighted by molar-refractivity contribution is 0.102. The fourth-order valence-corrected chi connectivity index (χ4v) is 3.05. The summed E-state index contributed by atoms with van der Waals surface area (Å²) in [7, 11) is 3.18. The summed E-state index contributed by atoms with van der Waals surface area (Å²) < 4.78 is 0. The number of urea groups is 1. The number of carbonyl (C=O) groups is 2. The molecule has 0 atom stereocenters. The first-order valence-corrected chi connectivity index (χ1v) is 9.83. The highest BCUT2D eigenvalue weighted by Gasteiger charge is 2.17. The van der Waals surface area contributed by atoms with Crippen molar-refractivity contribution in [2.75, 3.05) is 34.9 Å². The van der Waals surface area contributed by atoms with Crippen LogP contribution in [-0.4, -0.2) is 41.0 Å². The molecule has 0 bridgehead atoms. The van der Waals surface area contributed by atoms with Gasteiger partial charge in [0.2, 0.25) is 11.9 Å². The van der Waals surface area contributed by atoms with Crippen molar-refractivity contribution in [1.29, 1.82) is 0 Å². The highest BCUT2D eigenvalue weighted by Crippen LogP contribution is 2.30. The van der Waals surface area contributed by atoms with E-state index in [1.165, 1.54) is 18.3 Å². The Hall–Kier alpha value is -3.43. The van der Waals surface area contributed by atoms with Gasteiger partial charge >= 0.3 is 6.03 Å². The van der Waals surface area contributed by atoms with Crippen LogP contribution in [0.25, 0.3) is 0 Å². The van der Waals surface area contributed by atoms with E-state index < -0.39 is 11.9 Å². The number of carbonyl (C=O) groups excluding carboxylic acids is 2. The molecular weight excluding hydrogens is 441 g/mol. The van der Waals surface area contributed by atoms with Gasteiger partial charge in [-0.2, -0.15) is 4.98 Å². The van der Waals surface area contributed by atoms with Crippen molar-refractivity contribution in [1.82, 2.24) is 15.0 Å². The van der Waals surface area contributed by atoms with Crippen molar-refractivity contribution in [3.05, 3.63) is 63.9 Å². The van der Waals surface area contributed by atoms with Crippen LogP contribution in [0.15, 0.2) is 42.7 Å². The van der Waals surface area contributed by atoms with E-state index in [1.54, 1.807) is 43.4 Å². The van der Waals surface area contributed by atoms with Crippen LogP contribution in [0.4, 0.5) is 28.1 Å². The number of rotatable bonds is 5. The largest absolute Gasteiger partial charge is 0.357 e. The van der Waals surface area contributed by atoms with E-state index in [1.807, 2.05) is 6.92 Å². The number of hydrogen-bond donors (Lipinski definition) is 3. The lowest BCUT2D eigenvalue weighted by Gasteiger charge is -2.18. The molecule has 9 nitrogen and oxygen atoms in total. The third-order valence-corrected chi connectivity index (χ3v) is 4.96. The number of anilines is 4. The average molecular weight is 460 g/mol. The minimum Gasteiger partial charge on any atom is -0.357 e. The van der Waals surface area contributed by atoms with E-state index in [-0.39, 0.29) is 5.95 Å². The van der Waals surface area contributed by atoms with Gasteiger partial charge in [0.1, 0.15) is 6.33 Å². The Morgan fingerprint density at radius 2 is 1.74 bits per heavy atom. The Bertz CT molecular complexity index is 1120. The van der Waals surface area contributed by atoms with Crippen LogP contribution in [0, 0.1) is 6.92 Å². The molecule has 1 aromatic heterocycles. The predicted molar refractivity (Wildman–Crippen MR) is 122 cm³/mol. The predicted octanol–water partition coefficient (Wildman–Crippen LogP) is 4.45. The number of para-hydroxylation sites is 1. The molecule has 0 aliphatic carbocycles. The lowest BCUT2D eigenvalue weighted by Crippen LogP contribution is -2.33. The number of hydrogen-bond acceptors (Lipinski definition) is 6. The fourth-order valence-electron chi connectivity index (χ4n) is 2.56. The summed E-state index contributed by atoms with van der Waals surface area (Å²) in [5.41, 5.74) is 1.85. The summed E-state index contributed by atoms with van der Waals surface area (Å²) in [4.78, 5) is 38.7. The first-order chi connectivity index (χ1) is 14.8. The zero-order valence-electron chi connectivity index (χ0n) is 16.9. The summed E-state index contributed by atoms with van der Waals surface area (Å²) in [5.74, 6) is 0.0736. The van der Waals surface area contributed by atoms with Crippen LogP contribution in [-0.2, 0) is 0 Å². The lowest BCUT2D eigenvalue weighted by atomic mass is 10.1. The smallest absolute Gasteiger partial charge is 0.328 e. The topological polar surface area (TPSA) is 112 Å². The Morgan fingerprint density at radius 3 is 2.42 bits per heavy atom. The summed E-state index contributed by atoms with van der Waals surface area (Å²) in [5, 5.41) is 8.88. The van der Waals surface area contributed by atoms with Gasteiger partial charge in [-0.05, 0) is 36.8 Å². The molecule has 0 aliphatic heterocycles. The molecule has 0 fully saturated rings. The molecule has 31 heavy (non-hydrogen) atoms. The second-order valence-electron chi connectivity index (χ2n) is 6.43. The van der Waals surface area contributed by atoms with Crippen molar-refractivity contribution in [2.24, 2.45) is 0 Å². The van der Waals surface area contributed by atoms with Crippen molar-refractivity contribution >= 4 is 58.4 Å². The number of halogens is 2. The van der Waals surface area contributed by atoms with E-state index in [0.29, 0.717) is 32.9 Å². The van der Waals surface area contributed by atoms with Crippen molar-refractivity contribution in [2.45, 2.75) is 6.92 Å². The van der Waals surface area contributed by atoms with Gasteiger partial charge < -0.3 is 16.0 Å². The third kappa shape index (κ3) is 5.19. The maximum Gasteiger partial charge on any atom is 0.328 e. The molecule has 0 spiro atoms. The monoisotopic (exact) mass is 459 g/mol. The SMILES string of the molecule is CNc1ncnc(N(C)C(=O)Nc2cc(C(=O)Nc3c(Cl)cccc3Cl)ccc2C)n1. The van der Waals surface area contributed by atoms with Crippen LogP contribution in [0.3, 0.4) is 0 Å². The average Bonchev–Trinajstić information content (AvgIpc) is 2.77. The zero-order chi connectivity index (χ0) is 22.5. The van der Waals surface area contributed by atoms with Gasteiger partial charge in [0.15, 0.2) is 0 Å². The number of benzene rings is 2. The second-order valence-corrected chi connectivity index (χ2v) is 7.24. The van der Waals surface area contributed by atoms with Gasteiger partial charge in [-0.15, -0.1) is 0 Å². The van der Waals surface area contributed by atoms with E-state index >= 15 is 0 Å². The zero-order valence-corrected chi connectivity index (χ0v) is 18.4. The molecule has 11 heteroatoms. The fraction of sp³-hybridized carbons (Fsp3) is 0.150. The van der Waals surface area contributed by atoms with E-state index in [0.717, 1.165) is 5.56 Å². The normalized spacial score (nSPS) is 10.4. The quantitative estimate of drug-likeness (QED) is 0.519. The van der Waals surface area contributed by atoms with Crippen molar-refractivity contribution in [3.63, 3.8) is 0 Å².